The number of halogens is 1. The second-order valence-electron chi connectivity index (χ2n) is 12.2. The van der Waals surface area contributed by atoms with E-state index in [-0.39, 0.29) is 48.3 Å². The molecule has 4 fully saturated rings. The molecule has 232 valence electrons. The van der Waals surface area contributed by atoms with Gasteiger partial charge in [-0.1, -0.05) is 13.0 Å². The van der Waals surface area contributed by atoms with Crippen molar-refractivity contribution in [1.29, 1.82) is 0 Å². The Morgan fingerprint density at radius 3 is 2.57 bits per heavy atom. The third-order valence-electron chi connectivity index (χ3n) is 9.17. The molecule has 5 aliphatic rings. The van der Waals surface area contributed by atoms with E-state index in [1.165, 1.54) is 10.8 Å². The molecule has 2 aliphatic heterocycles. The van der Waals surface area contributed by atoms with Crippen molar-refractivity contribution in [3.05, 3.63) is 45.7 Å². The number of ether oxygens (including phenoxy) is 1. The molecule has 0 radical (unpaired) electrons. The number of amides is 2. The van der Waals surface area contributed by atoms with Crippen LogP contribution in [0.1, 0.15) is 60.3 Å². The summed E-state index contributed by atoms with van der Waals surface area (Å²) in [4.78, 5) is 56.7. The number of hydrogen-bond acceptors (Lipinski definition) is 10. The number of aromatic hydroxyl groups is 1. The minimum atomic E-state index is -1.15. The fourth-order valence-electron chi connectivity index (χ4n) is 6.98. The Balaban J connectivity index is 1.22. The molecule has 0 spiro atoms. The molecular weight excluding hydrogens is 573 g/mol. The van der Waals surface area contributed by atoms with Gasteiger partial charge in [-0.05, 0) is 25.3 Å². The van der Waals surface area contributed by atoms with Crippen LogP contribution in [0.3, 0.4) is 0 Å². The van der Waals surface area contributed by atoms with Crippen LogP contribution in [-0.2, 0) is 22.5 Å². The van der Waals surface area contributed by atoms with Gasteiger partial charge in [0.2, 0.25) is 11.7 Å². The van der Waals surface area contributed by atoms with Crippen molar-refractivity contribution in [3.63, 3.8) is 0 Å². The Hall–Kier alpha value is -4.40. The fourth-order valence-corrected chi connectivity index (χ4v) is 6.98. The second-order valence-corrected chi connectivity index (χ2v) is 12.2. The summed E-state index contributed by atoms with van der Waals surface area (Å²) in [7, 11) is 0. The average Bonchev–Trinajstić information content (AvgIpc) is 3.45. The SMILES string of the molecule is CCc1c(N2CCN(C(=O)c3ncnc(C)c3O)CC2)c(=O)n2nc(C3=CCOCC3)nc2n1CC(=O)NC12CC(F)(C1)C2. The van der Waals surface area contributed by atoms with Crippen molar-refractivity contribution in [3.8, 4) is 5.75 Å². The molecule has 2 bridgehead atoms. The van der Waals surface area contributed by atoms with Gasteiger partial charge in [-0.3, -0.25) is 14.4 Å². The zero-order valence-corrected chi connectivity index (χ0v) is 24.7. The molecule has 0 atom stereocenters. The van der Waals surface area contributed by atoms with Crippen LogP contribution >= 0.6 is 0 Å². The summed E-state index contributed by atoms with van der Waals surface area (Å²) < 4.78 is 22.6. The second kappa shape index (κ2) is 10.4. The number of anilines is 1. The van der Waals surface area contributed by atoms with Crippen LogP contribution in [0.25, 0.3) is 11.4 Å². The summed E-state index contributed by atoms with van der Waals surface area (Å²) >= 11 is 0. The summed E-state index contributed by atoms with van der Waals surface area (Å²) in [6.45, 7) is 5.59. The van der Waals surface area contributed by atoms with Crippen molar-refractivity contribution >= 4 is 28.9 Å². The van der Waals surface area contributed by atoms with Crippen molar-refractivity contribution in [2.24, 2.45) is 0 Å². The molecule has 0 unspecified atom stereocenters. The lowest BCUT2D eigenvalue weighted by molar-refractivity contribution is -0.175. The first-order chi connectivity index (χ1) is 21.1. The Labute approximate surface area is 251 Å². The molecule has 44 heavy (non-hydrogen) atoms. The Morgan fingerprint density at radius 2 is 1.91 bits per heavy atom. The summed E-state index contributed by atoms with van der Waals surface area (Å²) in [5.41, 5.74) is 0.154. The molecule has 14 nitrogen and oxygen atoms in total. The molecular formula is C29H34FN9O5. The van der Waals surface area contributed by atoms with E-state index in [9.17, 15) is 23.9 Å². The standard InChI is InChI=1S/C29H34FN9O5/c1-3-19-22(36-6-8-37(9-7-36)25(42)21-23(41)17(2)31-16-32-21)26(43)39-27(33-24(35-39)18-4-10-44-11-5-18)38(19)12-20(40)34-29-13-28(30,14-29)15-29/h4,16,41H,3,5-15H2,1-2H3,(H,34,40). The van der Waals surface area contributed by atoms with Crippen molar-refractivity contribution in [2.45, 2.75) is 63.7 Å². The topological polar surface area (TPSA) is 160 Å². The predicted molar refractivity (Wildman–Crippen MR) is 155 cm³/mol. The van der Waals surface area contributed by atoms with Gasteiger partial charge >= 0.3 is 0 Å². The van der Waals surface area contributed by atoms with E-state index in [0.717, 1.165) is 5.57 Å². The third kappa shape index (κ3) is 4.60. The maximum Gasteiger partial charge on any atom is 0.299 e. The normalized spacial score (nSPS) is 24.5. The van der Waals surface area contributed by atoms with Crippen LogP contribution in [0.4, 0.5) is 10.1 Å². The first-order valence-corrected chi connectivity index (χ1v) is 14.9. The quantitative estimate of drug-likeness (QED) is 0.393. The van der Waals surface area contributed by atoms with Crippen LogP contribution in [0.5, 0.6) is 5.75 Å². The van der Waals surface area contributed by atoms with Crippen LogP contribution in [0.15, 0.2) is 17.2 Å². The van der Waals surface area contributed by atoms with Gasteiger partial charge in [0.05, 0.1) is 24.6 Å². The monoisotopic (exact) mass is 607 g/mol. The molecule has 1 saturated heterocycles. The summed E-state index contributed by atoms with van der Waals surface area (Å²) in [5, 5.41) is 17.9. The lowest BCUT2D eigenvalue weighted by atomic mass is 9.47. The zero-order valence-electron chi connectivity index (χ0n) is 24.7. The van der Waals surface area contributed by atoms with E-state index < -0.39 is 17.1 Å². The van der Waals surface area contributed by atoms with Gasteiger partial charge in [0.25, 0.3) is 11.5 Å². The van der Waals surface area contributed by atoms with Gasteiger partial charge in [-0.25, -0.2) is 14.4 Å². The summed E-state index contributed by atoms with van der Waals surface area (Å²) in [5.74, 6) is -0.267. The van der Waals surface area contributed by atoms with Gasteiger partial charge in [-0.2, -0.15) is 9.50 Å². The van der Waals surface area contributed by atoms with E-state index in [2.05, 4.69) is 20.4 Å². The number of aryl methyl sites for hydroxylation is 1. The molecule has 3 aliphatic carbocycles. The Morgan fingerprint density at radius 1 is 1.16 bits per heavy atom. The number of piperazine rings is 1. The molecule has 8 rings (SSSR count). The minimum Gasteiger partial charge on any atom is -0.504 e. The lowest BCUT2D eigenvalue weighted by Gasteiger charge is -2.65. The van der Waals surface area contributed by atoms with Gasteiger partial charge in [0.15, 0.2) is 17.3 Å². The van der Waals surface area contributed by atoms with Gasteiger partial charge in [-0.15, -0.1) is 5.10 Å². The number of hydrogen-bond donors (Lipinski definition) is 2. The Kier molecular flexibility index (Phi) is 6.68. The highest BCUT2D eigenvalue weighted by atomic mass is 19.1. The third-order valence-corrected chi connectivity index (χ3v) is 9.17. The number of nitrogens with zero attached hydrogens (tertiary/aromatic N) is 8. The largest absolute Gasteiger partial charge is 0.504 e. The van der Waals surface area contributed by atoms with Crippen LogP contribution in [0.2, 0.25) is 0 Å². The minimum absolute atomic E-state index is 0.0602. The van der Waals surface area contributed by atoms with Crippen molar-refractivity contribution in [2.75, 3.05) is 44.3 Å². The lowest BCUT2D eigenvalue weighted by Crippen LogP contribution is -2.77. The molecule has 2 amide bonds. The zero-order chi connectivity index (χ0) is 30.8. The first kappa shape index (κ1) is 28.4. The molecule has 5 heterocycles. The molecule has 3 aromatic heterocycles. The van der Waals surface area contributed by atoms with Gasteiger partial charge in [0, 0.05) is 51.0 Å². The number of carbonyl (C=O) groups is 2. The number of alkyl halides is 1. The molecule has 0 aromatic carbocycles. The van der Waals surface area contributed by atoms with Crippen molar-refractivity contribution in [1.82, 2.24) is 39.3 Å². The fraction of sp³-hybridized carbons (Fsp3) is 0.552. The highest BCUT2D eigenvalue weighted by Gasteiger charge is 2.69. The molecule has 3 aromatic rings. The van der Waals surface area contributed by atoms with Gasteiger partial charge in [0.1, 0.15) is 24.2 Å². The average molecular weight is 608 g/mol. The smallest absolute Gasteiger partial charge is 0.299 e. The molecule has 3 saturated carbocycles. The summed E-state index contributed by atoms with van der Waals surface area (Å²) in [6.07, 6.45) is 5.16. The van der Waals surface area contributed by atoms with E-state index in [1.807, 2.05) is 17.9 Å². The van der Waals surface area contributed by atoms with E-state index in [4.69, 9.17) is 9.72 Å². The van der Waals surface area contributed by atoms with Crippen LogP contribution < -0.4 is 15.8 Å². The first-order valence-electron chi connectivity index (χ1n) is 14.9. The summed E-state index contributed by atoms with van der Waals surface area (Å²) in [6, 6.07) is 0. The van der Waals surface area contributed by atoms with E-state index in [0.29, 0.717) is 81.3 Å². The van der Waals surface area contributed by atoms with Crippen LogP contribution in [0, 0.1) is 6.92 Å². The maximum absolute atomic E-state index is 14.1. The van der Waals surface area contributed by atoms with Crippen molar-refractivity contribution < 1.29 is 23.8 Å². The number of aromatic nitrogens is 6. The predicted octanol–water partition coefficient (Wildman–Crippen LogP) is 0.784. The maximum atomic E-state index is 14.1. The number of rotatable bonds is 7. The number of fused-ring (bicyclic) bond motifs is 1. The van der Waals surface area contributed by atoms with E-state index >= 15 is 0 Å². The number of nitrogens with one attached hydrogen (secondary N) is 1. The molecule has 15 heteroatoms. The highest BCUT2D eigenvalue weighted by Crippen LogP contribution is 2.62. The van der Waals surface area contributed by atoms with Gasteiger partial charge < -0.3 is 29.5 Å². The highest BCUT2D eigenvalue weighted by molar-refractivity contribution is 5.95. The Bertz CT molecular complexity index is 1750. The molecule has 2 N–H and O–H groups in total. The van der Waals surface area contributed by atoms with E-state index in [1.54, 1.807) is 16.4 Å². The number of carbonyl (C=O) groups excluding carboxylic acids is 2. The van der Waals surface area contributed by atoms with Crippen LogP contribution in [-0.4, -0.2) is 102 Å².